The molecule has 25 heavy (non-hydrogen) atoms. The second kappa shape index (κ2) is 5.80. The molecule has 0 N–H and O–H groups in total. The van der Waals surface area contributed by atoms with E-state index in [1.807, 2.05) is 27.0 Å². The van der Waals surface area contributed by atoms with Crippen LogP contribution in [-0.4, -0.2) is 35.7 Å². The summed E-state index contributed by atoms with van der Waals surface area (Å²) in [7, 11) is 1.86. The van der Waals surface area contributed by atoms with E-state index < -0.39 is 0 Å². The summed E-state index contributed by atoms with van der Waals surface area (Å²) < 4.78 is 7.11. The Morgan fingerprint density at radius 3 is 2.92 bits per heavy atom. The largest absolute Gasteiger partial charge is 0.332 e. The molecule has 1 amide bonds. The lowest BCUT2D eigenvalue weighted by molar-refractivity contribution is 0.0747. The second-order valence-corrected chi connectivity index (χ2v) is 6.12. The number of carbonyl (C=O) groups excluding carboxylic acids is 1. The summed E-state index contributed by atoms with van der Waals surface area (Å²) in [4.78, 5) is 23.1. The Morgan fingerprint density at radius 1 is 1.36 bits per heavy atom. The molecule has 1 aliphatic rings. The van der Waals surface area contributed by atoms with Crippen molar-refractivity contribution in [3.63, 3.8) is 0 Å². The van der Waals surface area contributed by atoms with Gasteiger partial charge >= 0.3 is 0 Å². The maximum atomic E-state index is 12.8. The van der Waals surface area contributed by atoms with Gasteiger partial charge in [0, 0.05) is 31.4 Å². The van der Waals surface area contributed by atoms with Gasteiger partial charge in [-0.3, -0.25) is 14.5 Å². The maximum absolute atomic E-state index is 12.8. The van der Waals surface area contributed by atoms with Crippen LogP contribution in [0.5, 0.6) is 0 Å². The highest BCUT2D eigenvalue weighted by atomic mass is 16.5. The van der Waals surface area contributed by atoms with E-state index in [1.165, 1.54) is 0 Å². The molecule has 0 unspecified atom stereocenters. The Kier molecular flexibility index (Phi) is 3.60. The van der Waals surface area contributed by atoms with Gasteiger partial charge in [-0.1, -0.05) is 12.1 Å². The molecule has 0 bridgehead atoms. The average molecular weight is 338 g/mol. The number of pyridine rings is 1. The van der Waals surface area contributed by atoms with Gasteiger partial charge in [0.15, 0.2) is 11.5 Å². The molecule has 0 saturated carbocycles. The summed E-state index contributed by atoms with van der Waals surface area (Å²) in [6, 6.07) is 1.84. The lowest BCUT2D eigenvalue weighted by atomic mass is 10.1. The van der Waals surface area contributed by atoms with E-state index in [9.17, 15) is 4.79 Å². The molecular weight excluding hydrogens is 320 g/mol. The number of aromatic nitrogens is 5. The Bertz CT molecular complexity index is 958. The molecule has 3 aromatic rings. The van der Waals surface area contributed by atoms with E-state index in [4.69, 9.17) is 4.52 Å². The van der Waals surface area contributed by atoms with Gasteiger partial charge in [0.1, 0.15) is 0 Å². The van der Waals surface area contributed by atoms with E-state index >= 15 is 0 Å². The number of hydrogen-bond acceptors (Lipinski definition) is 6. The molecule has 0 aromatic carbocycles. The number of rotatable bonds is 3. The average Bonchev–Trinajstić information content (AvgIpc) is 3.31. The van der Waals surface area contributed by atoms with Gasteiger partial charge in [-0.05, 0) is 18.6 Å². The molecule has 0 fully saturated rings. The number of fused-ring (bicyclic) bond motifs is 1. The van der Waals surface area contributed by atoms with Crippen molar-refractivity contribution in [1.29, 1.82) is 0 Å². The van der Waals surface area contributed by atoms with Gasteiger partial charge in [0.2, 0.25) is 0 Å². The minimum absolute atomic E-state index is 0.0347. The van der Waals surface area contributed by atoms with Gasteiger partial charge in [0.25, 0.3) is 11.8 Å². The van der Waals surface area contributed by atoms with Crippen molar-refractivity contribution < 1.29 is 9.32 Å². The fourth-order valence-corrected chi connectivity index (χ4v) is 3.06. The van der Waals surface area contributed by atoms with Crippen molar-refractivity contribution in [3.05, 3.63) is 46.7 Å². The standard InChI is InChI=1S/C17H18N6O2/c1-4-14-19-16(25-21-14)15-12-8-23(9-13(12)22(3)20-15)17(24)11-7-18-6-5-10(11)2/h5-7H,4,8-9H2,1-3H3. The summed E-state index contributed by atoms with van der Waals surface area (Å²) >= 11 is 0. The van der Waals surface area contributed by atoms with Crippen LogP contribution in [-0.2, 0) is 26.6 Å². The molecular formula is C17H18N6O2. The maximum Gasteiger partial charge on any atom is 0.278 e. The first-order valence-corrected chi connectivity index (χ1v) is 8.16. The highest BCUT2D eigenvalue weighted by Gasteiger charge is 2.32. The molecule has 8 nitrogen and oxygen atoms in total. The van der Waals surface area contributed by atoms with Crippen molar-refractivity contribution in [2.24, 2.45) is 7.05 Å². The van der Waals surface area contributed by atoms with E-state index in [-0.39, 0.29) is 5.91 Å². The van der Waals surface area contributed by atoms with Crippen LogP contribution in [0.4, 0.5) is 0 Å². The third kappa shape index (κ3) is 2.50. The number of aryl methyl sites for hydroxylation is 3. The molecule has 4 heterocycles. The topological polar surface area (TPSA) is 89.9 Å². The lowest BCUT2D eigenvalue weighted by Gasteiger charge is -2.17. The summed E-state index contributed by atoms with van der Waals surface area (Å²) in [5, 5.41) is 8.44. The molecule has 128 valence electrons. The van der Waals surface area contributed by atoms with Crippen molar-refractivity contribution >= 4 is 5.91 Å². The van der Waals surface area contributed by atoms with E-state index in [2.05, 4.69) is 20.2 Å². The molecule has 1 aliphatic heterocycles. The molecule has 0 spiro atoms. The van der Waals surface area contributed by atoms with Crippen LogP contribution in [0.2, 0.25) is 0 Å². The summed E-state index contributed by atoms with van der Waals surface area (Å²) in [5.74, 6) is 1.01. The van der Waals surface area contributed by atoms with Gasteiger partial charge in [-0.15, -0.1) is 0 Å². The molecule has 0 saturated heterocycles. The number of nitrogens with zero attached hydrogens (tertiary/aromatic N) is 6. The lowest BCUT2D eigenvalue weighted by Crippen LogP contribution is -2.27. The third-order valence-electron chi connectivity index (χ3n) is 4.51. The molecule has 8 heteroatoms. The van der Waals surface area contributed by atoms with Crippen LogP contribution in [0.15, 0.2) is 23.0 Å². The number of amides is 1. The van der Waals surface area contributed by atoms with Crippen LogP contribution in [0.3, 0.4) is 0 Å². The van der Waals surface area contributed by atoms with Gasteiger partial charge in [-0.25, -0.2) is 0 Å². The fraction of sp³-hybridized carbons (Fsp3) is 0.353. The quantitative estimate of drug-likeness (QED) is 0.724. The van der Waals surface area contributed by atoms with Crippen LogP contribution < -0.4 is 0 Å². The normalized spacial score (nSPS) is 13.3. The summed E-state index contributed by atoms with van der Waals surface area (Å²) in [5.41, 5.74) is 4.14. The minimum atomic E-state index is -0.0347. The van der Waals surface area contributed by atoms with Crippen LogP contribution in [0.1, 0.15) is 39.9 Å². The Morgan fingerprint density at radius 2 is 2.20 bits per heavy atom. The minimum Gasteiger partial charge on any atom is -0.332 e. The van der Waals surface area contributed by atoms with Crippen molar-refractivity contribution in [3.8, 4) is 11.6 Å². The molecule has 0 atom stereocenters. The molecule has 3 aromatic heterocycles. The zero-order valence-electron chi connectivity index (χ0n) is 14.4. The highest BCUT2D eigenvalue weighted by Crippen LogP contribution is 2.32. The first-order valence-electron chi connectivity index (χ1n) is 8.16. The number of hydrogen-bond donors (Lipinski definition) is 0. The first-order chi connectivity index (χ1) is 12.1. The number of carbonyl (C=O) groups is 1. The van der Waals surface area contributed by atoms with Crippen LogP contribution in [0.25, 0.3) is 11.6 Å². The van der Waals surface area contributed by atoms with Crippen molar-refractivity contribution in [2.45, 2.75) is 33.4 Å². The molecule has 0 radical (unpaired) electrons. The molecule has 4 rings (SSSR count). The van der Waals surface area contributed by atoms with E-state index in [1.54, 1.807) is 22.0 Å². The van der Waals surface area contributed by atoms with Crippen molar-refractivity contribution in [1.82, 2.24) is 29.8 Å². The van der Waals surface area contributed by atoms with E-state index in [0.717, 1.165) is 16.8 Å². The van der Waals surface area contributed by atoms with Crippen LogP contribution in [0, 0.1) is 6.92 Å². The predicted molar refractivity (Wildman–Crippen MR) is 88.4 cm³/mol. The monoisotopic (exact) mass is 338 g/mol. The fourth-order valence-electron chi connectivity index (χ4n) is 3.06. The van der Waals surface area contributed by atoms with Crippen LogP contribution >= 0.6 is 0 Å². The Balaban J connectivity index is 1.66. The SMILES string of the molecule is CCc1noc(-c2nn(C)c3c2CN(C(=O)c2cnccc2C)C3)n1. The Hall–Kier alpha value is -3.03. The zero-order chi connectivity index (χ0) is 17.6. The smallest absolute Gasteiger partial charge is 0.278 e. The second-order valence-electron chi connectivity index (χ2n) is 6.12. The predicted octanol–water partition coefficient (Wildman–Crippen LogP) is 1.89. The highest BCUT2D eigenvalue weighted by molar-refractivity contribution is 5.95. The summed E-state index contributed by atoms with van der Waals surface area (Å²) in [6.07, 6.45) is 4.00. The summed E-state index contributed by atoms with van der Waals surface area (Å²) in [6.45, 7) is 4.85. The first kappa shape index (κ1) is 15.5. The van der Waals surface area contributed by atoms with Crippen molar-refractivity contribution in [2.75, 3.05) is 0 Å². The molecule has 0 aliphatic carbocycles. The van der Waals surface area contributed by atoms with Gasteiger partial charge in [0.05, 0.1) is 24.3 Å². The zero-order valence-corrected chi connectivity index (χ0v) is 14.4. The Labute approximate surface area is 144 Å². The van der Waals surface area contributed by atoms with Gasteiger partial charge < -0.3 is 9.42 Å². The van der Waals surface area contributed by atoms with E-state index in [0.29, 0.717) is 42.5 Å². The van der Waals surface area contributed by atoms with Gasteiger partial charge in [-0.2, -0.15) is 10.1 Å². The third-order valence-corrected chi connectivity index (χ3v) is 4.51.